The Hall–Kier alpha value is -2.11. The standard InChI is InChI=1S/C12H15NO5/c1-3-9(2)8-17-12(14)18-11-6-4-10(5-7-11)13(15)16/h4-7,9H,3,8H2,1-2H3/t9-/m0/s1. The molecule has 0 radical (unpaired) electrons. The van der Waals surface area contributed by atoms with Gasteiger partial charge in [0.2, 0.25) is 0 Å². The highest BCUT2D eigenvalue weighted by molar-refractivity contribution is 5.63. The number of carbonyl (C=O) groups is 1. The molecule has 1 atom stereocenters. The molecule has 0 aromatic heterocycles. The van der Waals surface area contributed by atoms with Gasteiger partial charge in [-0.3, -0.25) is 10.1 Å². The fourth-order valence-corrected chi connectivity index (χ4v) is 1.09. The van der Waals surface area contributed by atoms with Crippen molar-refractivity contribution in [3.8, 4) is 5.75 Å². The quantitative estimate of drug-likeness (QED) is 0.348. The number of non-ortho nitro benzene ring substituents is 1. The van der Waals surface area contributed by atoms with Gasteiger partial charge in [-0.2, -0.15) is 0 Å². The molecule has 18 heavy (non-hydrogen) atoms. The van der Waals surface area contributed by atoms with Crippen molar-refractivity contribution in [2.45, 2.75) is 20.3 Å². The Balaban J connectivity index is 2.47. The minimum atomic E-state index is -0.802. The number of hydrogen-bond donors (Lipinski definition) is 0. The normalized spacial score (nSPS) is 11.7. The largest absolute Gasteiger partial charge is 0.513 e. The second kappa shape index (κ2) is 6.58. The third-order valence-corrected chi connectivity index (χ3v) is 2.43. The van der Waals surface area contributed by atoms with Gasteiger partial charge in [0, 0.05) is 12.1 Å². The van der Waals surface area contributed by atoms with Gasteiger partial charge in [-0.1, -0.05) is 20.3 Å². The van der Waals surface area contributed by atoms with Crippen LogP contribution in [0.1, 0.15) is 20.3 Å². The molecule has 0 aliphatic heterocycles. The van der Waals surface area contributed by atoms with Gasteiger partial charge in [0.1, 0.15) is 5.75 Å². The van der Waals surface area contributed by atoms with Crippen molar-refractivity contribution in [2.24, 2.45) is 5.92 Å². The molecule has 1 aromatic rings. The molecular formula is C12H15NO5. The van der Waals surface area contributed by atoms with Crippen LogP contribution < -0.4 is 4.74 Å². The molecular weight excluding hydrogens is 238 g/mol. The first-order valence-corrected chi connectivity index (χ1v) is 5.62. The molecule has 0 amide bonds. The van der Waals surface area contributed by atoms with Crippen molar-refractivity contribution in [1.29, 1.82) is 0 Å². The fourth-order valence-electron chi connectivity index (χ4n) is 1.09. The summed E-state index contributed by atoms with van der Waals surface area (Å²) in [6, 6.07) is 5.22. The lowest BCUT2D eigenvalue weighted by Crippen LogP contribution is -2.15. The van der Waals surface area contributed by atoms with E-state index in [4.69, 9.17) is 9.47 Å². The number of benzene rings is 1. The van der Waals surface area contributed by atoms with Crippen LogP contribution in [-0.2, 0) is 4.74 Å². The number of nitro groups is 1. The maximum Gasteiger partial charge on any atom is 0.513 e. The first kappa shape index (κ1) is 14.0. The molecule has 98 valence electrons. The van der Waals surface area contributed by atoms with Gasteiger partial charge in [0.15, 0.2) is 0 Å². The highest BCUT2D eigenvalue weighted by Crippen LogP contribution is 2.17. The van der Waals surface area contributed by atoms with E-state index < -0.39 is 11.1 Å². The van der Waals surface area contributed by atoms with E-state index >= 15 is 0 Å². The zero-order valence-corrected chi connectivity index (χ0v) is 10.3. The molecule has 6 heteroatoms. The summed E-state index contributed by atoms with van der Waals surface area (Å²) in [6.07, 6.45) is 0.106. The monoisotopic (exact) mass is 253 g/mol. The Labute approximate surface area is 105 Å². The highest BCUT2D eigenvalue weighted by Gasteiger charge is 2.10. The van der Waals surface area contributed by atoms with Gasteiger partial charge in [0.05, 0.1) is 11.5 Å². The van der Waals surface area contributed by atoms with Crippen LogP contribution in [0.4, 0.5) is 10.5 Å². The lowest BCUT2D eigenvalue weighted by atomic mass is 10.1. The summed E-state index contributed by atoms with van der Waals surface area (Å²) >= 11 is 0. The Kier molecular flexibility index (Phi) is 5.10. The molecule has 1 rings (SSSR count). The summed E-state index contributed by atoms with van der Waals surface area (Å²) in [6.45, 7) is 4.25. The molecule has 0 bridgehead atoms. The van der Waals surface area contributed by atoms with E-state index in [0.29, 0.717) is 6.61 Å². The average Bonchev–Trinajstić information content (AvgIpc) is 2.36. The van der Waals surface area contributed by atoms with Gasteiger partial charge in [-0.05, 0) is 18.1 Å². The Morgan fingerprint density at radius 1 is 1.39 bits per heavy atom. The van der Waals surface area contributed by atoms with Crippen LogP contribution in [0.5, 0.6) is 5.75 Å². The van der Waals surface area contributed by atoms with Gasteiger partial charge in [0.25, 0.3) is 5.69 Å². The summed E-state index contributed by atoms with van der Waals surface area (Å²) in [5.41, 5.74) is -0.0599. The smallest absolute Gasteiger partial charge is 0.434 e. The van der Waals surface area contributed by atoms with Crippen molar-refractivity contribution < 1.29 is 19.2 Å². The fraction of sp³-hybridized carbons (Fsp3) is 0.417. The van der Waals surface area contributed by atoms with E-state index in [1.54, 1.807) is 0 Å². The van der Waals surface area contributed by atoms with Crippen LogP contribution in [0, 0.1) is 16.0 Å². The lowest BCUT2D eigenvalue weighted by molar-refractivity contribution is -0.384. The SMILES string of the molecule is CC[C@H](C)COC(=O)Oc1ccc([N+](=O)[O-])cc1. The van der Waals surface area contributed by atoms with Crippen LogP contribution in [-0.4, -0.2) is 17.7 Å². The van der Waals surface area contributed by atoms with E-state index in [-0.39, 0.29) is 17.4 Å². The first-order valence-electron chi connectivity index (χ1n) is 5.62. The number of nitro benzene ring substituents is 1. The predicted molar refractivity (Wildman–Crippen MR) is 64.5 cm³/mol. The van der Waals surface area contributed by atoms with Gasteiger partial charge in [-0.15, -0.1) is 0 Å². The zero-order chi connectivity index (χ0) is 13.5. The second-order valence-electron chi connectivity index (χ2n) is 3.93. The van der Waals surface area contributed by atoms with Gasteiger partial charge in [-0.25, -0.2) is 4.79 Å². The first-order chi connectivity index (χ1) is 8.52. The molecule has 0 spiro atoms. The number of carbonyl (C=O) groups excluding carboxylic acids is 1. The van der Waals surface area contributed by atoms with Gasteiger partial charge < -0.3 is 9.47 Å². The van der Waals surface area contributed by atoms with Crippen LogP contribution in [0.25, 0.3) is 0 Å². The highest BCUT2D eigenvalue weighted by atomic mass is 16.7. The van der Waals surface area contributed by atoms with Crippen molar-refractivity contribution in [1.82, 2.24) is 0 Å². The minimum absolute atomic E-state index is 0.0599. The predicted octanol–water partition coefficient (Wildman–Crippen LogP) is 3.16. The third-order valence-electron chi connectivity index (χ3n) is 2.43. The summed E-state index contributed by atoms with van der Waals surface area (Å²) in [5, 5.41) is 10.4. The van der Waals surface area contributed by atoms with Crippen LogP contribution in [0.2, 0.25) is 0 Å². The van der Waals surface area contributed by atoms with E-state index in [1.807, 2.05) is 13.8 Å². The molecule has 1 aromatic carbocycles. The zero-order valence-electron chi connectivity index (χ0n) is 10.3. The molecule has 0 aliphatic carbocycles. The Morgan fingerprint density at radius 3 is 2.50 bits per heavy atom. The third kappa shape index (κ3) is 4.40. The topological polar surface area (TPSA) is 78.7 Å². The molecule has 0 heterocycles. The maximum absolute atomic E-state index is 11.3. The van der Waals surface area contributed by atoms with Crippen molar-refractivity contribution >= 4 is 11.8 Å². The Morgan fingerprint density at radius 2 is 2.00 bits per heavy atom. The van der Waals surface area contributed by atoms with Crippen LogP contribution in [0.15, 0.2) is 24.3 Å². The second-order valence-corrected chi connectivity index (χ2v) is 3.93. The van der Waals surface area contributed by atoms with E-state index in [1.165, 1.54) is 24.3 Å². The lowest BCUT2D eigenvalue weighted by Gasteiger charge is -2.09. The molecule has 0 N–H and O–H groups in total. The van der Waals surface area contributed by atoms with Gasteiger partial charge >= 0.3 is 6.16 Å². The van der Waals surface area contributed by atoms with Crippen molar-refractivity contribution in [3.05, 3.63) is 34.4 Å². The maximum atomic E-state index is 11.3. The van der Waals surface area contributed by atoms with Crippen LogP contribution in [0.3, 0.4) is 0 Å². The molecule has 6 nitrogen and oxygen atoms in total. The minimum Gasteiger partial charge on any atom is -0.434 e. The number of hydrogen-bond acceptors (Lipinski definition) is 5. The molecule has 0 fully saturated rings. The number of rotatable bonds is 5. The van der Waals surface area contributed by atoms with E-state index in [0.717, 1.165) is 6.42 Å². The number of nitrogens with zero attached hydrogens (tertiary/aromatic N) is 1. The van der Waals surface area contributed by atoms with Crippen LogP contribution >= 0.6 is 0 Å². The number of ether oxygens (including phenoxy) is 2. The van der Waals surface area contributed by atoms with E-state index in [2.05, 4.69) is 0 Å². The molecule has 0 saturated heterocycles. The average molecular weight is 253 g/mol. The summed E-state index contributed by atoms with van der Waals surface area (Å²) in [5.74, 6) is 0.490. The van der Waals surface area contributed by atoms with Crippen molar-refractivity contribution in [2.75, 3.05) is 6.61 Å². The molecule has 0 aliphatic rings. The molecule has 0 unspecified atom stereocenters. The van der Waals surface area contributed by atoms with Crippen molar-refractivity contribution in [3.63, 3.8) is 0 Å². The summed E-state index contributed by atoms with van der Waals surface area (Å²) in [7, 11) is 0. The Bertz CT molecular complexity index is 415. The molecule has 0 saturated carbocycles. The van der Waals surface area contributed by atoms with E-state index in [9.17, 15) is 14.9 Å². The summed E-state index contributed by atoms with van der Waals surface area (Å²) in [4.78, 5) is 21.2. The summed E-state index contributed by atoms with van der Waals surface area (Å²) < 4.78 is 9.74.